The summed E-state index contributed by atoms with van der Waals surface area (Å²) >= 11 is 2.41. The molecule has 0 bridgehead atoms. The van der Waals surface area contributed by atoms with Gasteiger partial charge >= 0.3 is 0 Å². The number of nitrogens with zero attached hydrogens (tertiary/aromatic N) is 3. The number of carbonyl (C=O) groups excluding carboxylic acids is 2. The quantitative estimate of drug-likeness (QED) is 0.296. The number of hydrogen-bond donors (Lipinski definition) is 2. The normalized spacial score (nSPS) is 11.8. The molecule has 0 aliphatic heterocycles. The molecule has 1 aromatic carbocycles. The van der Waals surface area contributed by atoms with Crippen LogP contribution in [0.4, 0.5) is 0 Å². The molecule has 0 saturated heterocycles. The van der Waals surface area contributed by atoms with Gasteiger partial charge in [0.1, 0.15) is 0 Å². The molecule has 0 spiro atoms. The maximum atomic E-state index is 13.2. The van der Waals surface area contributed by atoms with Gasteiger partial charge in [0.25, 0.3) is 11.5 Å². The molecular formula is C23H21N5O3S2. The first-order valence-electron chi connectivity index (χ1n) is 10.3. The summed E-state index contributed by atoms with van der Waals surface area (Å²) in [5.74, 6) is -0.606. The fourth-order valence-electron chi connectivity index (χ4n) is 3.11. The summed E-state index contributed by atoms with van der Waals surface area (Å²) in [5, 5.41) is 4.79. The van der Waals surface area contributed by atoms with Gasteiger partial charge in [0.2, 0.25) is 5.91 Å². The molecule has 2 amide bonds. The summed E-state index contributed by atoms with van der Waals surface area (Å²) in [6.07, 6.45) is 3.87. The molecule has 8 nitrogen and oxygen atoms in total. The number of nitrogens with one attached hydrogen (secondary N) is 2. The van der Waals surface area contributed by atoms with E-state index in [4.69, 9.17) is 0 Å². The lowest BCUT2D eigenvalue weighted by Crippen LogP contribution is -2.37. The number of carbonyl (C=O) groups is 2. The Morgan fingerprint density at radius 1 is 1.15 bits per heavy atom. The summed E-state index contributed by atoms with van der Waals surface area (Å²) < 4.78 is 1.13. The van der Waals surface area contributed by atoms with Crippen molar-refractivity contribution in [3.05, 3.63) is 87.1 Å². The zero-order valence-electron chi connectivity index (χ0n) is 17.7. The minimum atomic E-state index is -0.514. The molecule has 1 atom stereocenters. The second-order valence-electron chi connectivity index (χ2n) is 7.06. The van der Waals surface area contributed by atoms with Gasteiger partial charge in [0, 0.05) is 18.9 Å². The Labute approximate surface area is 198 Å². The number of pyridine rings is 1. The number of rotatable bonds is 8. The van der Waals surface area contributed by atoms with E-state index in [1.165, 1.54) is 11.3 Å². The van der Waals surface area contributed by atoms with Gasteiger partial charge in [-0.1, -0.05) is 43.0 Å². The molecule has 4 rings (SSSR count). The first-order valence-corrected chi connectivity index (χ1v) is 12.0. The Kier molecular flexibility index (Phi) is 7.16. The number of thioether (sulfide) groups is 1. The van der Waals surface area contributed by atoms with Crippen LogP contribution in [0.25, 0.3) is 10.9 Å². The Morgan fingerprint density at radius 2 is 2.00 bits per heavy atom. The molecule has 0 aliphatic carbocycles. The van der Waals surface area contributed by atoms with Crippen LogP contribution < -0.4 is 16.3 Å². The molecule has 4 aromatic rings. The molecular weight excluding hydrogens is 458 g/mol. The van der Waals surface area contributed by atoms with Crippen molar-refractivity contribution in [3.8, 4) is 0 Å². The first-order chi connectivity index (χ1) is 16.1. The van der Waals surface area contributed by atoms with E-state index in [1.807, 2.05) is 19.1 Å². The largest absolute Gasteiger partial charge is 0.351 e. The first kappa shape index (κ1) is 22.7. The third-order valence-corrected chi connectivity index (χ3v) is 6.99. The third-order valence-electron chi connectivity index (χ3n) is 4.80. The highest BCUT2D eigenvalue weighted by Gasteiger charge is 2.23. The minimum Gasteiger partial charge on any atom is -0.351 e. The van der Waals surface area contributed by atoms with Crippen molar-refractivity contribution in [2.75, 3.05) is 5.43 Å². The lowest BCUT2D eigenvalue weighted by Gasteiger charge is -2.18. The molecule has 0 radical (unpaired) electrons. The zero-order valence-corrected chi connectivity index (χ0v) is 19.4. The average molecular weight is 480 g/mol. The molecule has 0 unspecified atom stereocenters. The van der Waals surface area contributed by atoms with Crippen LogP contribution in [0.1, 0.15) is 28.6 Å². The highest BCUT2D eigenvalue weighted by Crippen LogP contribution is 2.25. The van der Waals surface area contributed by atoms with Crippen LogP contribution in [0.2, 0.25) is 0 Å². The fourth-order valence-corrected chi connectivity index (χ4v) is 4.72. The Balaban J connectivity index is 1.62. The Morgan fingerprint density at radius 3 is 2.73 bits per heavy atom. The number of amides is 2. The Bertz CT molecular complexity index is 1320. The molecule has 3 aromatic heterocycles. The third kappa shape index (κ3) is 5.29. The van der Waals surface area contributed by atoms with Crippen LogP contribution in [-0.4, -0.2) is 31.7 Å². The SMILES string of the molecule is CC[C@H](Sc1nc2ccccc2c(=O)n1NC(=O)c1cccs1)C(=O)NCc1cccnc1. The average Bonchev–Trinajstić information content (AvgIpc) is 3.39. The topological polar surface area (TPSA) is 106 Å². The van der Waals surface area contributed by atoms with Crippen LogP contribution >= 0.6 is 23.1 Å². The lowest BCUT2D eigenvalue weighted by molar-refractivity contribution is -0.120. The predicted octanol–water partition coefficient (Wildman–Crippen LogP) is 3.42. The zero-order chi connectivity index (χ0) is 23.2. The van der Waals surface area contributed by atoms with Gasteiger partial charge in [0.15, 0.2) is 5.16 Å². The van der Waals surface area contributed by atoms with Gasteiger partial charge in [-0.25, -0.2) is 4.98 Å². The molecule has 0 saturated carbocycles. The smallest absolute Gasteiger partial charge is 0.281 e. The number of thiophene rings is 1. The van der Waals surface area contributed by atoms with Crippen molar-refractivity contribution in [1.29, 1.82) is 0 Å². The molecule has 10 heteroatoms. The summed E-state index contributed by atoms with van der Waals surface area (Å²) in [4.78, 5) is 47.8. The van der Waals surface area contributed by atoms with E-state index >= 15 is 0 Å². The van der Waals surface area contributed by atoms with Crippen molar-refractivity contribution in [1.82, 2.24) is 20.0 Å². The van der Waals surface area contributed by atoms with Crippen LogP contribution in [0.5, 0.6) is 0 Å². The van der Waals surface area contributed by atoms with Crippen LogP contribution in [0, 0.1) is 0 Å². The predicted molar refractivity (Wildman–Crippen MR) is 130 cm³/mol. The van der Waals surface area contributed by atoms with Gasteiger partial charge in [-0.05, 0) is 41.6 Å². The van der Waals surface area contributed by atoms with Gasteiger partial charge < -0.3 is 5.32 Å². The van der Waals surface area contributed by atoms with E-state index < -0.39 is 16.7 Å². The number of hydrogen-bond acceptors (Lipinski definition) is 7. The fraction of sp³-hybridized carbons (Fsp3) is 0.174. The van der Waals surface area contributed by atoms with E-state index in [2.05, 4.69) is 20.7 Å². The summed E-state index contributed by atoms with van der Waals surface area (Å²) in [7, 11) is 0. The standard InChI is InChI=1S/C23H21N5O3S2/c1-2-18(20(29)25-14-15-7-5-11-24-13-15)33-23-26-17-9-4-3-8-16(17)22(31)28(23)27-21(30)19-10-6-12-32-19/h3-13,18H,2,14H2,1H3,(H,25,29)(H,27,30)/t18-/m0/s1. The van der Waals surface area contributed by atoms with Crippen molar-refractivity contribution in [3.63, 3.8) is 0 Å². The van der Waals surface area contributed by atoms with Crippen LogP contribution in [0.3, 0.4) is 0 Å². The summed E-state index contributed by atoms with van der Waals surface area (Å²) in [5.41, 5.74) is 3.63. The van der Waals surface area contributed by atoms with Crippen LogP contribution in [0.15, 0.2) is 76.3 Å². The number of fused-ring (bicyclic) bond motifs is 1. The monoisotopic (exact) mass is 479 g/mol. The second kappa shape index (κ2) is 10.4. The second-order valence-corrected chi connectivity index (χ2v) is 9.18. The van der Waals surface area contributed by atoms with Crippen LogP contribution in [-0.2, 0) is 11.3 Å². The molecule has 168 valence electrons. The summed E-state index contributed by atoms with van der Waals surface area (Å²) in [6, 6.07) is 14.0. The molecule has 3 heterocycles. The maximum Gasteiger partial charge on any atom is 0.281 e. The molecule has 33 heavy (non-hydrogen) atoms. The van der Waals surface area contributed by atoms with Gasteiger partial charge in [0.05, 0.1) is 21.0 Å². The van der Waals surface area contributed by atoms with Crippen molar-refractivity contribution in [2.45, 2.75) is 30.3 Å². The highest BCUT2D eigenvalue weighted by molar-refractivity contribution is 8.00. The van der Waals surface area contributed by atoms with Crippen molar-refractivity contribution < 1.29 is 9.59 Å². The lowest BCUT2D eigenvalue weighted by atomic mass is 10.2. The van der Waals surface area contributed by atoms with Crippen molar-refractivity contribution in [2.24, 2.45) is 0 Å². The number of para-hydroxylation sites is 1. The van der Waals surface area contributed by atoms with Gasteiger partial charge in [-0.15, -0.1) is 11.3 Å². The van der Waals surface area contributed by atoms with Crippen molar-refractivity contribution >= 4 is 45.8 Å². The van der Waals surface area contributed by atoms with E-state index in [0.717, 1.165) is 22.0 Å². The van der Waals surface area contributed by atoms with E-state index in [0.29, 0.717) is 28.7 Å². The molecule has 0 aliphatic rings. The number of benzene rings is 1. The van der Waals surface area contributed by atoms with Gasteiger partial charge in [-0.3, -0.25) is 24.8 Å². The van der Waals surface area contributed by atoms with E-state index in [1.54, 1.807) is 54.2 Å². The minimum absolute atomic E-state index is 0.190. The Hall–Kier alpha value is -3.50. The van der Waals surface area contributed by atoms with E-state index in [-0.39, 0.29) is 11.1 Å². The number of aromatic nitrogens is 3. The molecule has 0 fully saturated rings. The highest BCUT2D eigenvalue weighted by atomic mass is 32.2. The molecule has 2 N–H and O–H groups in total. The summed E-state index contributed by atoms with van der Waals surface area (Å²) in [6.45, 7) is 2.23. The van der Waals surface area contributed by atoms with Gasteiger partial charge in [-0.2, -0.15) is 4.68 Å². The maximum absolute atomic E-state index is 13.2. The van der Waals surface area contributed by atoms with E-state index in [9.17, 15) is 14.4 Å².